The Morgan fingerprint density at radius 3 is 2.51 bits per heavy atom. The van der Waals surface area contributed by atoms with Crippen molar-refractivity contribution in [1.29, 1.82) is 0 Å². The molecular formula is C22H24FN5O6S. The molecule has 186 valence electrons. The molecular weight excluding hydrogens is 481 g/mol. The average Bonchev–Trinajstić information content (AvgIpc) is 3.10. The van der Waals surface area contributed by atoms with Crippen LogP contribution in [0.25, 0.3) is 0 Å². The van der Waals surface area contributed by atoms with E-state index in [1.54, 1.807) is 20.8 Å². The van der Waals surface area contributed by atoms with E-state index in [1.807, 2.05) is 0 Å². The number of sulfonamides is 1. The van der Waals surface area contributed by atoms with Crippen LogP contribution in [-0.2, 0) is 21.8 Å². The summed E-state index contributed by atoms with van der Waals surface area (Å²) in [6, 6.07) is 8.85. The lowest BCUT2D eigenvalue weighted by Gasteiger charge is -2.35. The van der Waals surface area contributed by atoms with Crippen molar-refractivity contribution in [2.24, 2.45) is 7.05 Å². The van der Waals surface area contributed by atoms with E-state index in [2.05, 4.69) is 15.5 Å². The van der Waals surface area contributed by atoms with Crippen LogP contribution in [0.4, 0.5) is 20.6 Å². The Morgan fingerprint density at radius 2 is 1.91 bits per heavy atom. The number of aromatic nitrogens is 3. The number of halogens is 1. The summed E-state index contributed by atoms with van der Waals surface area (Å²) in [7, 11) is -2.72. The van der Waals surface area contributed by atoms with Crippen LogP contribution >= 0.6 is 0 Å². The second-order valence-corrected chi connectivity index (χ2v) is 10.7. The number of anilines is 2. The van der Waals surface area contributed by atoms with Gasteiger partial charge in [0.25, 0.3) is 10.0 Å². The van der Waals surface area contributed by atoms with Gasteiger partial charge >= 0.3 is 11.8 Å². The maximum atomic E-state index is 13.6. The minimum atomic E-state index is -4.20. The summed E-state index contributed by atoms with van der Waals surface area (Å²) >= 11 is 0. The Morgan fingerprint density at radius 1 is 1.23 bits per heavy atom. The Labute approximate surface area is 200 Å². The van der Waals surface area contributed by atoms with Gasteiger partial charge in [0.1, 0.15) is 17.2 Å². The summed E-state index contributed by atoms with van der Waals surface area (Å²) in [5, 5.41) is 8.84. The molecule has 0 radical (unpaired) electrons. The number of fused-ring (bicyclic) bond motifs is 1. The fourth-order valence-corrected chi connectivity index (χ4v) is 4.96. The van der Waals surface area contributed by atoms with E-state index in [0.717, 1.165) is 28.6 Å². The van der Waals surface area contributed by atoms with Gasteiger partial charge in [-0.25, -0.2) is 27.5 Å². The normalized spacial score (nSPS) is 15.8. The van der Waals surface area contributed by atoms with Crippen LogP contribution in [0.15, 0.2) is 52.2 Å². The zero-order valence-electron chi connectivity index (χ0n) is 19.4. The van der Waals surface area contributed by atoms with Gasteiger partial charge in [-0.05, 0) is 63.2 Å². The molecule has 1 amide bonds. The number of aromatic amines is 1. The number of carbonyl (C=O) groups is 1. The predicted octanol–water partition coefficient (Wildman–Crippen LogP) is 2.92. The third-order valence-electron chi connectivity index (χ3n) is 5.08. The number of ether oxygens (including phenoxy) is 2. The first kappa shape index (κ1) is 24.3. The first-order chi connectivity index (χ1) is 16.3. The molecule has 1 aromatic heterocycles. The average molecular weight is 506 g/mol. The largest absolute Gasteiger partial charge is 0.478 e. The molecule has 4 rings (SSSR count). The van der Waals surface area contributed by atoms with Gasteiger partial charge in [-0.2, -0.15) is 5.10 Å². The Balaban J connectivity index is 1.77. The number of benzene rings is 2. The van der Waals surface area contributed by atoms with E-state index in [-0.39, 0.29) is 34.4 Å². The molecule has 1 atom stereocenters. The van der Waals surface area contributed by atoms with Crippen molar-refractivity contribution in [3.8, 4) is 5.75 Å². The maximum absolute atomic E-state index is 13.6. The van der Waals surface area contributed by atoms with Crippen LogP contribution in [-0.4, -0.2) is 41.4 Å². The van der Waals surface area contributed by atoms with Crippen LogP contribution in [0, 0.1) is 5.82 Å². The number of hydrogen-bond donors (Lipinski definition) is 2. The van der Waals surface area contributed by atoms with Crippen molar-refractivity contribution in [2.75, 3.05) is 16.2 Å². The molecule has 0 saturated heterocycles. The summed E-state index contributed by atoms with van der Waals surface area (Å²) in [6.45, 7) is 4.91. The molecule has 35 heavy (non-hydrogen) atoms. The molecule has 0 aliphatic carbocycles. The smallest absolute Gasteiger partial charge is 0.412 e. The fraction of sp³-hybridized carbons (Fsp3) is 0.318. The lowest BCUT2D eigenvalue weighted by atomic mass is 10.2. The summed E-state index contributed by atoms with van der Waals surface area (Å²) < 4.78 is 54.2. The number of amides is 1. The molecule has 1 unspecified atom stereocenters. The minimum absolute atomic E-state index is 0.139. The molecule has 2 heterocycles. The molecule has 11 nitrogen and oxygen atoms in total. The van der Waals surface area contributed by atoms with E-state index in [0.29, 0.717) is 0 Å². The highest BCUT2D eigenvalue weighted by atomic mass is 32.2. The van der Waals surface area contributed by atoms with Crippen molar-refractivity contribution < 1.29 is 27.1 Å². The van der Waals surface area contributed by atoms with Gasteiger partial charge in [0.05, 0.1) is 17.1 Å². The summed E-state index contributed by atoms with van der Waals surface area (Å²) in [5.41, 5.74) is -0.808. The molecule has 2 N–H and O–H groups in total. The quantitative estimate of drug-likeness (QED) is 0.556. The number of hydrogen-bond acceptors (Lipinski definition) is 7. The van der Waals surface area contributed by atoms with Crippen LogP contribution < -0.4 is 20.0 Å². The number of H-pyrrole nitrogens is 1. The number of rotatable bonds is 4. The summed E-state index contributed by atoms with van der Waals surface area (Å²) in [4.78, 5) is 24.0. The van der Waals surface area contributed by atoms with Crippen LogP contribution in [0.5, 0.6) is 5.75 Å². The van der Waals surface area contributed by atoms with Gasteiger partial charge in [-0.3, -0.25) is 14.2 Å². The monoisotopic (exact) mass is 505 g/mol. The van der Waals surface area contributed by atoms with Gasteiger partial charge in [-0.15, -0.1) is 0 Å². The third kappa shape index (κ3) is 4.99. The highest BCUT2D eigenvalue weighted by molar-refractivity contribution is 7.92. The Kier molecular flexibility index (Phi) is 6.05. The number of carbonyl (C=O) groups excluding carboxylic acids is 1. The highest BCUT2D eigenvalue weighted by Gasteiger charge is 2.37. The minimum Gasteiger partial charge on any atom is -0.478 e. The van der Waals surface area contributed by atoms with Crippen molar-refractivity contribution in [3.05, 3.63) is 64.6 Å². The van der Waals surface area contributed by atoms with Gasteiger partial charge in [-0.1, -0.05) is 0 Å². The predicted molar refractivity (Wildman–Crippen MR) is 124 cm³/mol. The van der Waals surface area contributed by atoms with Gasteiger partial charge in [0.2, 0.25) is 0 Å². The Hall–Kier alpha value is -3.87. The highest BCUT2D eigenvalue weighted by Crippen LogP contribution is 2.42. The van der Waals surface area contributed by atoms with E-state index in [4.69, 9.17) is 9.47 Å². The van der Waals surface area contributed by atoms with Crippen molar-refractivity contribution in [3.63, 3.8) is 0 Å². The third-order valence-corrected chi connectivity index (χ3v) is 6.87. The summed E-state index contributed by atoms with van der Waals surface area (Å²) in [6.07, 6.45) is -1.64. The van der Waals surface area contributed by atoms with E-state index in [9.17, 15) is 22.4 Å². The number of nitrogens with one attached hydrogen (secondary N) is 2. The first-order valence-corrected chi connectivity index (χ1v) is 12.0. The molecule has 3 aromatic rings. The van der Waals surface area contributed by atoms with Gasteiger partial charge in [0.15, 0.2) is 11.9 Å². The van der Waals surface area contributed by atoms with E-state index in [1.165, 1.54) is 29.8 Å². The molecule has 0 fully saturated rings. The maximum Gasteiger partial charge on any atom is 0.412 e. The first-order valence-electron chi connectivity index (χ1n) is 10.6. The SMILES string of the molecule is Cn1c(C2CN(S(=O)(=O)c3ccc(F)cc3)c3cc(NC(=O)OC(C)(C)C)ccc3O2)n[nH]c1=O. The fourth-order valence-electron chi connectivity index (χ4n) is 3.49. The van der Waals surface area contributed by atoms with Gasteiger partial charge in [0, 0.05) is 12.7 Å². The van der Waals surface area contributed by atoms with Crippen molar-refractivity contribution in [2.45, 2.75) is 37.4 Å². The molecule has 0 spiro atoms. The molecule has 0 bridgehead atoms. The molecule has 1 aliphatic rings. The molecule has 2 aromatic carbocycles. The van der Waals surface area contributed by atoms with E-state index >= 15 is 0 Å². The zero-order valence-corrected chi connectivity index (χ0v) is 20.2. The van der Waals surface area contributed by atoms with Crippen LogP contribution in [0.1, 0.15) is 32.7 Å². The van der Waals surface area contributed by atoms with Crippen LogP contribution in [0.3, 0.4) is 0 Å². The standard InChI is InChI=1S/C22H24FN5O6S/c1-22(2,3)34-21(30)24-14-7-10-17-16(11-14)28(35(31,32)15-8-5-13(23)6-9-15)12-18(33-17)19-25-26-20(29)27(19)4/h5-11,18H,12H2,1-4H3,(H,24,30)(H,26,29). The molecule has 0 saturated carbocycles. The number of nitrogens with zero attached hydrogens (tertiary/aromatic N) is 3. The molecule has 13 heteroatoms. The lowest BCUT2D eigenvalue weighted by molar-refractivity contribution is 0.0636. The van der Waals surface area contributed by atoms with E-state index < -0.39 is 39.3 Å². The van der Waals surface area contributed by atoms with Crippen LogP contribution in [0.2, 0.25) is 0 Å². The lowest BCUT2D eigenvalue weighted by Crippen LogP contribution is -2.40. The van der Waals surface area contributed by atoms with Gasteiger partial charge < -0.3 is 9.47 Å². The van der Waals surface area contributed by atoms with Crippen molar-refractivity contribution >= 4 is 27.5 Å². The summed E-state index contributed by atoms with van der Waals surface area (Å²) in [5.74, 6) is -0.215. The second-order valence-electron chi connectivity index (χ2n) is 8.85. The Bertz CT molecular complexity index is 1430. The molecule has 1 aliphatic heterocycles. The van der Waals surface area contributed by atoms with Crippen molar-refractivity contribution in [1.82, 2.24) is 14.8 Å². The topological polar surface area (TPSA) is 136 Å². The second kappa shape index (κ2) is 8.73. The zero-order chi connectivity index (χ0) is 25.5.